The minimum Gasteiger partial charge on any atom is -0.456 e. The summed E-state index contributed by atoms with van der Waals surface area (Å²) < 4.78 is 36.8. The maximum absolute atomic E-state index is 14.0. The van der Waals surface area contributed by atoms with Crippen molar-refractivity contribution in [1.29, 1.82) is 5.26 Å². The Morgan fingerprint density at radius 1 is 0.810 bits per heavy atom. The van der Waals surface area contributed by atoms with Gasteiger partial charge in [0.1, 0.15) is 16.4 Å². The lowest BCUT2D eigenvalue weighted by atomic mass is 10.2. The molecule has 5 rings (SSSR count). The topological polar surface area (TPSA) is 85.7 Å². The fraction of sp³-hybridized carbons (Fsp3) is 0.219. The smallest absolute Gasteiger partial charge is 0.244 e. The second-order valence-corrected chi connectivity index (χ2v) is 12.8. The molecule has 1 fully saturated rings. The number of benzene rings is 4. The van der Waals surface area contributed by atoms with Gasteiger partial charge in [-0.1, -0.05) is 83.9 Å². The van der Waals surface area contributed by atoms with E-state index in [0.717, 1.165) is 24.2 Å². The third-order valence-corrected chi connectivity index (χ3v) is 8.91. The fourth-order valence-electron chi connectivity index (χ4n) is 5.06. The van der Waals surface area contributed by atoms with Crippen LogP contribution in [0.25, 0.3) is 0 Å². The highest BCUT2D eigenvalue weighted by Crippen LogP contribution is 2.33. The normalized spacial score (nSPS) is 15.2. The zero-order valence-corrected chi connectivity index (χ0v) is 25.1. The average Bonchev–Trinajstić information content (AvgIpc) is 3.14. The van der Waals surface area contributed by atoms with Gasteiger partial charge >= 0.3 is 0 Å². The van der Waals surface area contributed by atoms with Gasteiger partial charge in [0.15, 0.2) is 0 Å². The summed E-state index contributed by atoms with van der Waals surface area (Å²) in [5, 5.41) is 10.2. The molecule has 1 saturated heterocycles. The minimum atomic E-state index is -4.12. The number of ether oxygens (including phenoxy) is 1. The molecule has 0 atom stereocenters. The molecule has 0 aliphatic carbocycles. The molecular weight excluding hydrogens is 591 g/mol. The maximum Gasteiger partial charge on any atom is 0.244 e. The van der Waals surface area contributed by atoms with E-state index in [1.165, 1.54) is 18.2 Å². The van der Waals surface area contributed by atoms with Crippen LogP contribution < -0.4 is 9.46 Å². The van der Waals surface area contributed by atoms with Gasteiger partial charge in [0.25, 0.3) is 0 Å². The van der Waals surface area contributed by atoms with Crippen molar-refractivity contribution in [3.05, 3.63) is 124 Å². The molecule has 42 heavy (non-hydrogen) atoms. The van der Waals surface area contributed by atoms with E-state index >= 15 is 0 Å². The first-order valence-corrected chi connectivity index (χ1v) is 15.7. The number of rotatable bonds is 9. The molecule has 4 aromatic rings. The highest BCUT2D eigenvalue weighted by molar-refractivity contribution is 7.89. The van der Waals surface area contributed by atoms with Crippen LogP contribution in [-0.2, 0) is 23.1 Å². The van der Waals surface area contributed by atoms with Crippen LogP contribution in [0.1, 0.15) is 16.7 Å². The molecule has 0 saturated carbocycles. The van der Waals surface area contributed by atoms with Crippen LogP contribution in [0.3, 0.4) is 0 Å². The number of halogens is 2. The lowest BCUT2D eigenvalue weighted by Gasteiger charge is -2.26. The largest absolute Gasteiger partial charge is 0.456 e. The SMILES string of the molecule is N#Cc1ccc(Oc2cc(Cl)cc(Cl)c2)c(S(=O)(=O)NC2CN(Cc3ccccc3)CCN(Cc3ccccc3)C2)c1. The second kappa shape index (κ2) is 13.7. The molecule has 1 aliphatic heterocycles. The van der Waals surface area contributed by atoms with Crippen LogP contribution in [0, 0.1) is 11.3 Å². The number of nitrogens with one attached hydrogen (secondary N) is 1. The first kappa shape index (κ1) is 30.1. The van der Waals surface area contributed by atoms with Crippen LogP contribution in [0.2, 0.25) is 10.0 Å². The van der Waals surface area contributed by atoms with Crippen molar-refractivity contribution >= 4 is 33.2 Å². The van der Waals surface area contributed by atoms with Gasteiger partial charge in [0.05, 0.1) is 11.6 Å². The van der Waals surface area contributed by atoms with Crippen LogP contribution in [0.4, 0.5) is 0 Å². The van der Waals surface area contributed by atoms with Crippen LogP contribution in [0.15, 0.2) is 102 Å². The van der Waals surface area contributed by atoms with Crippen LogP contribution in [0.5, 0.6) is 11.5 Å². The van der Waals surface area contributed by atoms with Crippen molar-refractivity contribution in [2.75, 3.05) is 26.2 Å². The summed E-state index contributed by atoms with van der Waals surface area (Å²) in [6.45, 7) is 3.99. The lowest BCUT2D eigenvalue weighted by molar-refractivity contribution is 0.247. The van der Waals surface area contributed by atoms with Gasteiger partial charge in [0, 0.05) is 55.4 Å². The second-order valence-electron chi connectivity index (χ2n) is 10.2. The van der Waals surface area contributed by atoms with Gasteiger partial charge < -0.3 is 4.74 Å². The molecule has 1 heterocycles. The molecule has 216 valence electrons. The van der Waals surface area contributed by atoms with Crippen LogP contribution >= 0.6 is 23.2 Å². The van der Waals surface area contributed by atoms with E-state index in [1.54, 1.807) is 18.2 Å². The van der Waals surface area contributed by atoms with E-state index < -0.39 is 16.1 Å². The van der Waals surface area contributed by atoms with E-state index in [-0.39, 0.29) is 22.0 Å². The highest BCUT2D eigenvalue weighted by atomic mass is 35.5. The Morgan fingerprint density at radius 2 is 1.36 bits per heavy atom. The van der Waals surface area contributed by atoms with Crippen molar-refractivity contribution in [3.8, 4) is 17.6 Å². The molecule has 0 aromatic heterocycles. The summed E-state index contributed by atoms with van der Waals surface area (Å²) in [5.41, 5.74) is 2.52. The molecule has 0 spiro atoms. The number of hydrogen-bond acceptors (Lipinski definition) is 6. The number of hydrogen-bond donors (Lipinski definition) is 1. The monoisotopic (exact) mass is 620 g/mol. The van der Waals surface area contributed by atoms with Crippen molar-refractivity contribution in [1.82, 2.24) is 14.5 Å². The molecule has 0 radical (unpaired) electrons. The first-order valence-electron chi connectivity index (χ1n) is 13.5. The van der Waals surface area contributed by atoms with Gasteiger partial charge in [-0.25, -0.2) is 13.1 Å². The molecule has 0 unspecified atom stereocenters. The van der Waals surface area contributed by atoms with E-state index in [4.69, 9.17) is 27.9 Å². The Labute approximate surface area is 256 Å². The number of nitrogens with zero attached hydrogens (tertiary/aromatic N) is 3. The Bertz CT molecular complexity index is 1590. The third kappa shape index (κ3) is 8.11. The molecule has 0 amide bonds. The Kier molecular flexibility index (Phi) is 9.80. The average molecular weight is 622 g/mol. The molecule has 4 aromatic carbocycles. The van der Waals surface area contributed by atoms with Crippen LogP contribution in [-0.4, -0.2) is 50.4 Å². The van der Waals surface area contributed by atoms with Crippen molar-refractivity contribution in [3.63, 3.8) is 0 Å². The van der Waals surface area contributed by atoms with Gasteiger partial charge in [-0.2, -0.15) is 5.26 Å². The van der Waals surface area contributed by atoms with Gasteiger partial charge in [-0.05, 0) is 47.5 Å². The summed E-state index contributed by atoms with van der Waals surface area (Å²) in [7, 11) is -4.12. The van der Waals surface area contributed by atoms with Crippen molar-refractivity contribution in [2.24, 2.45) is 0 Å². The molecule has 10 heteroatoms. The summed E-state index contributed by atoms with van der Waals surface area (Å²) in [6.07, 6.45) is 0. The van der Waals surface area contributed by atoms with E-state index in [2.05, 4.69) is 38.8 Å². The molecule has 7 nitrogen and oxygen atoms in total. The highest BCUT2D eigenvalue weighted by Gasteiger charge is 2.29. The Balaban J connectivity index is 1.43. The maximum atomic E-state index is 14.0. The Hall–Kier alpha value is -3.42. The molecule has 1 aliphatic rings. The quantitative estimate of drug-likeness (QED) is 0.236. The molecule has 1 N–H and O–H groups in total. The number of nitriles is 1. The molecular formula is C32H30Cl2N4O3S. The first-order chi connectivity index (χ1) is 20.3. The fourth-order valence-corrected chi connectivity index (χ4v) is 6.94. The number of sulfonamides is 1. The van der Waals surface area contributed by atoms with E-state index in [0.29, 0.717) is 36.2 Å². The van der Waals surface area contributed by atoms with Gasteiger partial charge in [-0.3, -0.25) is 9.80 Å². The summed E-state index contributed by atoms with van der Waals surface area (Å²) in [5.74, 6) is 0.349. The van der Waals surface area contributed by atoms with Gasteiger partial charge in [0.2, 0.25) is 10.0 Å². The Morgan fingerprint density at radius 3 is 1.88 bits per heavy atom. The predicted molar refractivity (Wildman–Crippen MR) is 165 cm³/mol. The van der Waals surface area contributed by atoms with Gasteiger partial charge in [-0.15, -0.1) is 0 Å². The summed E-state index contributed by atoms with van der Waals surface area (Å²) in [6, 6.07) is 30.8. The lowest BCUT2D eigenvalue weighted by Crippen LogP contribution is -2.46. The third-order valence-electron chi connectivity index (χ3n) is 6.94. The minimum absolute atomic E-state index is 0.0655. The van der Waals surface area contributed by atoms with E-state index in [9.17, 15) is 13.7 Å². The standard InChI is InChI=1S/C32H30Cl2N4O3S/c33-27-16-28(34)18-30(17-27)41-31-12-11-26(19-35)15-32(31)42(39,40)36-29-22-37(20-24-7-3-1-4-8-24)13-14-38(23-29)21-25-9-5-2-6-10-25/h1-12,15-18,29,36H,13-14,20-23H2. The summed E-state index contributed by atoms with van der Waals surface area (Å²) >= 11 is 12.3. The zero-order chi connectivity index (χ0) is 29.5. The van der Waals surface area contributed by atoms with Crippen molar-refractivity contribution in [2.45, 2.75) is 24.0 Å². The van der Waals surface area contributed by atoms with E-state index in [1.807, 2.05) is 42.5 Å². The molecule has 0 bridgehead atoms. The van der Waals surface area contributed by atoms with Crippen molar-refractivity contribution < 1.29 is 13.2 Å². The predicted octanol–water partition coefficient (Wildman–Crippen LogP) is 6.32. The zero-order valence-electron chi connectivity index (χ0n) is 22.8. The summed E-state index contributed by atoms with van der Waals surface area (Å²) in [4.78, 5) is 4.40.